The molecule has 1 unspecified atom stereocenters. The molecule has 0 saturated carbocycles. The average molecular weight is 304 g/mol. The van der Waals surface area contributed by atoms with Gasteiger partial charge in [0.1, 0.15) is 5.82 Å². The number of fused-ring (bicyclic) bond motifs is 1. The number of anilines is 1. The maximum atomic E-state index is 12.8. The molecule has 1 aliphatic rings. The zero-order chi connectivity index (χ0) is 15.9. The van der Waals surface area contributed by atoms with Crippen LogP contribution in [0.2, 0.25) is 0 Å². The number of alkyl halides is 2. The van der Waals surface area contributed by atoms with Crippen molar-refractivity contribution in [1.29, 1.82) is 0 Å². The summed E-state index contributed by atoms with van der Waals surface area (Å²) in [5.74, 6) is 0.278. The van der Waals surface area contributed by atoms with Crippen molar-refractivity contribution in [2.45, 2.75) is 39.0 Å². The van der Waals surface area contributed by atoms with Crippen LogP contribution >= 0.6 is 0 Å². The van der Waals surface area contributed by atoms with E-state index < -0.39 is 12.3 Å². The third-order valence-corrected chi connectivity index (χ3v) is 4.46. The van der Waals surface area contributed by atoms with Gasteiger partial charge in [0.2, 0.25) is 6.43 Å². The highest BCUT2D eigenvalue weighted by atomic mass is 19.3. The summed E-state index contributed by atoms with van der Waals surface area (Å²) in [5.41, 5.74) is 1.31. The molecule has 1 atom stereocenters. The normalized spacial score (nSPS) is 19.4. The number of hydrogen-bond acceptors (Lipinski definition) is 2. The molecule has 2 aromatic rings. The lowest BCUT2D eigenvalue weighted by Gasteiger charge is -2.22. The van der Waals surface area contributed by atoms with Crippen molar-refractivity contribution < 1.29 is 8.78 Å². The Morgan fingerprint density at radius 3 is 2.68 bits per heavy atom. The van der Waals surface area contributed by atoms with Gasteiger partial charge in [0, 0.05) is 30.6 Å². The highest BCUT2D eigenvalue weighted by Gasteiger charge is 2.30. The molecule has 1 fully saturated rings. The Morgan fingerprint density at radius 2 is 2.05 bits per heavy atom. The van der Waals surface area contributed by atoms with Gasteiger partial charge in [-0.15, -0.1) is 0 Å². The average Bonchev–Trinajstić information content (AvgIpc) is 2.95. The van der Waals surface area contributed by atoms with Crippen molar-refractivity contribution in [3.63, 3.8) is 0 Å². The molecule has 4 heteroatoms. The first-order valence-corrected chi connectivity index (χ1v) is 7.78. The van der Waals surface area contributed by atoms with Gasteiger partial charge in [-0.05, 0) is 28.9 Å². The summed E-state index contributed by atoms with van der Waals surface area (Å²) < 4.78 is 25.6. The second-order valence-corrected chi connectivity index (χ2v) is 7.15. The van der Waals surface area contributed by atoms with Gasteiger partial charge in [0.25, 0.3) is 0 Å². The van der Waals surface area contributed by atoms with Gasteiger partial charge in [0.15, 0.2) is 0 Å². The first kappa shape index (κ1) is 15.2. The van der Waals surface area contributed by atoms with Crippen LogP contribution in [-0.4, -0.2) is 24.5 Å². The SMILES string of the molecule is CC(C)(C)c1cccc2cc(N3CCC(C(F)F)C3)ncc12. The van der Waals surface area contributed by atoms with Gasteiger partial charge in [-0.2, -0.15) is 0 Å². The Morgan fingerprint density at radius 1 is 1.27 bits per heavy atom. The van der Waals surface area contributed by atoms with Gasteiger partial charge in [0.05, 0.1) is 0 Å². The molecule has 3 rings (SSSR count). The van der Waals surface area contributed by atoms with E-state index in [0.717, 1.165) is 16.6 Å². The van der Waals surface area contributed by atoms with E-state index in [1.807, 2.05) is 17.2 Å². The Kier molecular flexibility index (Phi) is 3.79. The molecule has 0 amide bonds. The summed E-state index contributed by atoms with van der Waals surface area (Å²) in [6.07, 6.45) is 0.193. The fraction of sp³-hybridized carbons (Fsp3) is 0.500. The fourth-order valence-corrected chi connectivity index (χ4v) is 3.19. The van der Waals surface area contributed by atoms with Gasteiger partial charge >= 0.3 is 0 Å². The van der Waals surface area contributed by atoms with E-state index in [0.29, 0.717) is 19.5 Å². The predicted molar refractivity (Wildman–Crippen MR) is 86.8 cm³/mol. The van der Waals surface area contributed by atoms with E-state index in [-0.39, 0.29) is 5.41 Å². The van der Waals surface area contributed by atoms with Crippen LogP contribution in [0.15, 0.2) is 30.5 Å². The molecular weight excluding hydrogens is 282 g/mol. The zero-order valence-corrected chi connectivity index (χ0v) is 13.3. The smallest absolute Gasteiger partial charge is 0.243 e. The van der Waals surface area contributed by atoms with Crippen molar-refractivity contribution in [1.82, 2.24) is 4.98 Å². The van der Waals surface area contributed by atoms with Gasteiger partial charge < -0.3 is 4.90 Å². The van der Waals surface area contributed by atoms with Crippen LogP contribution < -0.4 is 4.90 Å². The molecule has 118 valence electrons. The molecule has 0 bridgehead atoms. The van der Waals surface area contributed by atoms with Gasteiger partial charge in [-0.3, -0.25) is 0 Å². The molecule has 0 N–H and O–H groups in total. The molecule has 0 radical (unpaired) electrons. The summed E-state index contributed by atoms with van der Waals surface area (Å²) in [6.45, 7) is 7.61. The third kappa shape index (κ3) is 2.79. The van der Waals surface area contributed by atoms with E-state index in [4.69, 9.17) is 0 Å². The molecular formula is C18H22F2N2. The zero-order valence-electron chi connectivity index (χ0n) is 13.3. The van der Waals surface area contributed by atoms with Crippen LogP contribution in [0.5, 0.6) is 0 Å². The lowest BCUT2D eigenvalue weighted by atomic mass is 9.84. The van der Waals surface area contributed by atoms with Crippen molar-refractivity contribution in [3.05, 3.63) is 36.0 Å². The van der Waals surface area contributed by atoms with Crippen LogP contribution in [-0.2, 0) is 5.41 Å². The minimum absolute atomic E-state index is 0.0527. The van der Waals surface area contributed by atoms with E-state index >= 15 is 0 Å². The van der Waals surface area contributed by atoms with E-state index in [1.165, 1.54) is 5.56 Å². The maximum Gasteiger partial charge on any atom is 0.243 e. The Balaban J connectivity index is 1.95. The molecule has 22 heavy (non-hydrogen) atoms. The molecule has 0 spiro atoms. The number of hydrogen-bond donors (Lipinski definition) is 0. The number of benzene rings is 1. The van der Waals surface area contributed by atoms with E-state index in [2.05, 4.69) is 44.0 Å². The molecule has 1 aliphatic heterocycles. The molecule has 2 heterocycles. The fourth-order valence-electron chi connectivity index (χ4n) is 3.19. The summed E-state index contributed by atoms with van der Waals surface area (Å²) in [5, 5.41) is 2.27. The summed E-state index contributed by atoms with van der Waals surface area (Å²) in [6, 6.07) is 8.28. The number of pyridine rings is 1. The highest BCUT2D eigenvalue weighted by Crippen LogP contribution is 2.32. The van der Waals surface area contributed by atoms with Crippen LogP contribution in [0.1, 0.15) is 32.8 Å². The first-order valence-electron chi connectivity index (χ1n) is 7.78. The predicted octanol–water partition coefficient (Wildman–Crippen LogP) is 4.62. The molecule has 2 nitrogen and oxygen atoms in total. The van der Waals surface area contributed by atoms with Gasteiger partial charge in [-0.25, -0.2) is 13.8 Å². The minimum Gasteiger partial charge on any atom is -0.356 e. The molecule has 0 aliphatic carbocycles. The van der Waals surface area contributed by atoms with E-state index in [9.17, 15) is 8.78 Å². The number of rotatable bonds is 2. The number of nitrogens with zero attached hydrogens (tertiary/aromatic N) is 2. The van der Waals surface area contributed by atoms with Crippen molar-refractivity contribution in [3.8, 4) is 0 Å². The second kappa shape index (κ2) is 5.49. The lowest BCUT2D eigenvalue weighted by Crippen LogP contribution is -2.22. The quantitative estimate of drug-likeness (QED) is 0.804. The summed E-state index contributed by atoms with van der Waals surface area (Å²) in [4.78, 5) is 6.51. The van der Waals surface area contributed by atoms with Gasteiger partial charge in [-0.1, -0.05) is 39.0 Å². The number of aromatic nitrogens is 1. The Hall–Kier alpha value is -1.71. The van der Waals surface area contributed by atoms with Crippen molar-refractivity contribution in [2.75, 3.05) is 18.0 Å². The topological polar surface area (TPSA) is 16.1 Å². The Labute approximate surface area is 130 Å². The standard InChI is InChI=1S/C18H22F2N2/c1-18(2,3)15-6-4-5-12-9-16(21-10-14(12)15)22-8-7-13(11-22)17(19)20/h4-6,9-10,13,17H,7-8,11H2,1-3H3. The monoisotopic (exact) mass is 304 g/mol. The van der Waals surface area contributed by atoms with Crippen LogP contribution in [0.3, 0.4) is 0 Å². The highest BCUT2D eigenvalue weighted by molar-refractivity contribution is 5.87. The van der Waals surface area contributed by atoms with Crippen LogP contribution in [0.25, 0.3) is 10.8 Å². The minimum atomic E-state index is -2.24. The first-order chi connectivity index (χ1) is 10.4. The van der Waals surface area contributed by atoms with Crippen molar-refractivity contribution in [2.24, 2.45) is 5.92 Å². The second-order valence-electron chi connectivity index (χ2n) is 7.15. The maximum absolute atomic E-state index is 12.8. The molecule has 1 aromatic carbocycles. The van der Waals surface area contributed by atoms with E-state index in [1.54, 1.807) is 0 Å². The molecule has 1 aromatic heterocycles. The van der Waals surface area contributed by atoms with Crippen LogP contribution in [0, 0.1) is 5.92 Å². The summed E-state index contributed by atoms with van der Waals surface area (Å²) in [7, 11) is 0. The van der Waals surface area contributed by atoms with Crippen LogP contribution in [0.4, 0.5) is 14.6 Å². The number of halogens is 2. The van der Waals surface area contributed by atoms with Crippen molar-refractivity contribution >= 4 is 16.6 Å². The Bertz CT molecular complexity index is 676. The largest absolute Gasteiger partial charge is 0.356 e. The lowest BCUT2D eigenvalue weighted by molar-refractivity contribution is 0.0880. The molecule has 1 saturated heterocycles. The summed E-state index contributed by atoms with van der Waals surface area (Å²) >= 11 is 0. The third-order valence-electron chi connectivity index (χ3n) is 4.46.